The summed E-state index contributed by atoms with van der Waals surface area (Å²) in [5.41, 5.74) is 1.28. The first kappa shape index (κ1) is 21.3. The summed E-state index contributed by atoms with van der Waals surface area (Å²) in [6.07, 6.45) is 5.29. The summed E-state index contributed by atoms with van der Waals surface area (Å²) in [6.45, 7) is 9.77. The van der Waals surface area contributed by atoms with Crippen LogP contribution in [0.5, 0.6) is 5.75 Å². The van der Waals surface area contributed by atoms with Crippen molar-refractivity contribution in [2.45, 2.75) is 72.4 Å². The van der Waals surface area contributed by atoms with Crippen LogP contribution in [0.15, 0.2) is 24.3 Å². The van der Waals surface area contributed by atoms with Crippen molar-refractivity contribution in [3.05, 3.63) is 29.8 Å². The zero-order valence-corrected chi connectivity index (χ0v) is 17.1. The smallest absolute Gasteiger partial charge is 0.309 e. The quantitative estimate of drug-likeness (QED) is 0.713. The second-order valence-corrected chi connectivity index (χ2v) is 8.12. The highest BCUT2D eigenvalue weighted by Gasteiger charge is 2.32. The van der Waals surface area contributed by atoms with Gasteiger partial charge in [0.15, 0.2) is 0 Å². The largest absolute Gasteiger partial charge is 0.494 e. The second-order valence-electron chi connectivity index (χ2n) is 8.12. The van der Waals surface area contributed by atoms with Crippen LogP contribution in [0.25, 0.3) is 0 Å². The second kappa shape index (κ2) is 9.77. The van der Waals surface area contributed by atoms with Gasteiger partial charge in [0.25, 0.3) is 0 Å². The third-order valence-electron chi connectivity index (χ3n) is 5.97. The molecule has 1 aromatic carbocycles. The maximum atomic E-state index is 12.2. The van der Waals surface area contributed by atoms with Crippen molar-refractivity contribution in [2.75, 3.05) is 6.61 Å². The Morgan fingerprint density at radius 3 is 2.22 bits per heavy atom. The molecule has 1 fully saturated rings. The average molecular weight is 375 g/mol. The average Bonchev–Trinajstić information content (AvgIpc) is 2.67. The maximum Gasteiger partial charge on any atom is 0.309 e. The van der Waals surface area contributed by atoms with E-state index in [9.17, 15) is 9.59 Å². The summed E-state index contributed by atoms with van der Waals surface area (Å²) in [6, 6.07) is 7.61. The monoisotopic (exact) mass is 374 g/mol. The Balaban J connectivity index is 1.73. The van der Waals surface area contributed by atoms with Crippen molar-refractivity contribution in [3.63, 3.8) is 0 Å². The predicted molar refractivity (Wildman–Crippen MR) is 107 cm³/mol. The molecule has 0 radical (unpaired) electrons. The molecule has 0 bridgehead atoms. The molecule has 27 heavy (non-hydrogen) atoms. The van der Waals surface area contributed by atoms with E-state index < -0.39 is 11.8 Å². The Morgan fingerprint density at radius 2 is 1.67 bits per heavy atom. The topological polar surface area (TPSA) is 67.4 Å². The first-order valence-corrected chi connectivity index (χ1v) is 10.2. The van der Waals surface area contributed by atoms with Gasteiger partial charge in [0.1, 0.15) is 5.75 Å². The molecular weight excluding hydrogens is 340 g/mol. The first-order valence-electron chi connectivity index (χ1n) is 10.2. The molecule has 0 saturated heterocycles. The lowest BCUT2D eigenvalue weighted by molar-refractivity contribution is -0.139. The molecule has 5 nitrogen and oxygen atoms in total. The zero-order chi connectivity index (χ0) is 19.9. The van der Waals surface area contributed by atoms with Gasteiger partial charge in [0.05, 0.1) is 6.61 Å². The van der Waals surface area contributed by atoms with Gasteiger partial charge in [0.2, 0.25) is 0 Å². The first-order chi connectivity index (χ1) is 12.9. The molecule has 5 heteroatoms. The van der Waals surface area contributed by atoms with E-state index in [4.69, 9.17) is 4.74 Å². The maximum absolute atomic E-state index is 12.2. The van der Waals surface area contributed by atoms with Crippen LogP contribution < -0.4 is 15.4 Å². The summed E-state index contributed by atoms with van der Waals surface area (Å²) in [5, 5.41) is 5.59. The molecule has 2 amide bonds. The molecule has 0 aliphatic heterocycles. The molecule has 1 aromatic rings. The summed E-state index contributed by atoms with van der Waals surface area (Å²) in [7, 11) is 0. The molecule has 0 unspecified atom stereocenters. The van der Waals surface area contributed by atoms with Crippen LogP contribution in [0, 0.1) is 11.3 Å². The number of carbonyl (C=O) groups is 2. The van der Waals surface area contributed by atoms with Gasteiger partial charge in [-0.25, -0.2) is 0 Å². The predicted octanol–water partition coefficient (Wildman–Crippen LogP) is 3.81. The zero-order valence-electron chi connectivity index (χ0n) is 17.1. The highest BCUT2D eigenvalue weighted by molar-refractivity contribution is 6.35. The van der Waals surface area contributed by atoms with Crippen LogP contribution in [-0.4, -0.2) is 24.5 Å². The molecule has 0 spiro atoms. The van der Waals surface area contributed by atoms with E-state index >= 15 is 0 Å². The Kier molecular flexibility index (Phi) is 7.69. The van der Waals surface area contributed by atoms with Crippen LogP contribution in [0.2, 0.25) is 0 Å². The highest BCUT2D eigenvalue weighted by Crippen LogP contribution is 2.40. The van der Waals surface area contributed by atoms with E-state index in [2.05, 4.69) is 31.4 Å². The number of ether oxygens (including phenoxy) is 1. The van der Waals surface area contributed by atoms with Crippen molar-refractivity contribution in [3.8, 4) is 5.75 Å². The van der Waals surface area contributed by atoms with E-state index in [1.165, 1.54) is 6.42 Å². The lowest BCUT2D eigenvalue weighted by Gasteiger charge is -2.39. The normalized spacial score (nSPS) is 20.0. The number of rotatable bonds is 7. The number of hydrogen-bond donors (Lipinski definition) is 2. The number of amides is 2. The van der Waals surface area contributed by atoms with Crippen molar-refractivity contribution in [1.29, 1.82) is 0 Å². The highest BCUT2D eigenvalue weighted by atomic mass is 16.5. The van der Waals surface area contributed by atoms with E-state index in [1.54, 1.807) is 0 Å². The van der Waals surface area contributed by atoms with Gasteiger partial charge in [-0.15, -0.1) is 0 Å². The van der Waals surface area contributed by atoms with Gasteiger partial charge >= 0.3 is 11.8 Å². The third-order valence-corrected chi connectivity index (χ3v) is 5.97. The van der Waals surface area contributed by atoms with Gasteiger partial charge in [-0.2, -0.15) is 0 Å². The number of benzene rings is 1. The lowest BCUT2D eigenvalue weighted by Crippen LogP contribution is -2.46. The number of nitrogens with one attached hydrogen (secondary N) is 2. The van der Waals surface area contributed by atoms with E-state index in [0.717, 1.165) is 37.0 Å². The molecule has 0 atom stereocenters. The van der Waals surface area contributed by atoms with Gasteiger partial charge in [0, 0.05) is 12.6 Å². The van der Waals surface area contributed by atoms with Crippen molar-refractivity contribution in [2.24, 2.45) is 11.3 Å². The fourth-order valence-electron chi connectivity index (χ4n) is 3.69. The number of hydrogen-bond acceptors (Lipinski definition) is 3. The van der Waals surface area contributed by atoms with Gasteiger partial charge in [-0.3, -0.25) is 9.59 Å². The molecule has 1 saturated carbocycles. The minimum Gasteiger partial charge on any atom is -0.494 e. The molecule has 0 aromatic heterocycles. The number of carbonyl (C=O) groups excluding carboxylic acids is 2. The van der Waals surface area contributed by atoms with Crippen LogP contribution in [0.3, 0.4) is 0 Å². The fourth-order valence-corrected chi connectivity index (χ4v) is 3.69. The molecular formula is C22H34N2O3. The molecule has 0 heterocycles. The van der Waals surface area contributed by atoms with Crippen LogP contribution in [0.4, 0.5) is 0 Å². The summed E-state index contributed by atoms with van der Waals surface area (Å²) >= 11 is 0. The van der Waals surface area contributed by atoms with Crippen molar-refractivity contribution < 1.29 is 14.3 Å². The Labute approximate surface area is 163 Å². The SMILES string of the molecule is CCOc1ccc(CNC(=O)C(=O)NC2CCC(C(C)(C)CC)CC2)cc1. The van der Waals surface area contributed by atoms with E-state index in [1.807, 2.05) is 31.2 Å². The Hall–Kier alpha value is -2.04. The lowest BCUT2D eigenvalue weighted by atomic mass is 9.69. The standard InChI is InChI=1S/C22H34N2O3/c1-5-22(3,4)17-9-11-18(12-10-17)24-21(26)20(25)23-15-16-7-13-19(14-8-16)27-6-2/h7-8,13-14,17-18H,5-6,9-12,15H2,1-4H3,(H,23,25)(H,24,26). The van der Waals surface area contributed by atoms with Crippen molar-refractivity contribution >= 4 is 11.8 Å². The summed E-state index contributed by atoms with van der Waals surface area (Å²) < 4.78 is 5.39. The molecule has 2 rings (SSSR count). The summed E-state index contributed by atoms with van der Waals surface area (Å²) in [4.78, 5) is 24.2. The molecule has 150 valence electrons. The van der Waals surface area contributed by atoms with E-state index in [-0.39, 0.29) is 6.04 Å². The van der Waals surface area contributed by atoms with Crippen molar-refractivity contribution in [1.82, 2.24) is 10.6 Å². The molecule has 1 aliphatic carbocycles. The van der Waals surface area contributed by atoms with Crippen LogP contribution in [0.1, 0.15) is 65.4 Å². The van der Waals surface area contributed by atoms with Crippen LogP contribution in [-0.2, 0) is 16.1 Å². The van der Waals surface area contributed by atoms with Gasteiger partial charge in [-0.05, 0) is 61.6 Å². The minimum absolute atomic E-state index is 0.109. The minimum atomic E-state index is -0.570. The van der Waals surface area contributed by atoms with Gasteiger partial charge in [-0.1, -0.05) is 39.3 Å². The van der Waals surface area contributed by atoms with Crippen LogP contribution >= 0.6 is 0 Å². The molecule has 2 N–H and O–H groups in total. The Bertz CT molecular complexity index is 617. The fraction of sp³-hybridized carbons (Fsp3) is 0.636. The Morgan fingerprint density at radius 1 is 1.04 bits per heavy atom. The van der Waals surface area contributed by atoms with Gasteiger partial charge < -0.3 is 15.4 Å². The third kappa shape index (κ3) is 6.26. The van der Waals surface area contributed by atoms with E-state index in [0.29, 0.717) is 24.5 Å². The molecule has 1 aliphatic rings. The summed E-state index contributed by atoms with van der Waals surface area (Å²) in [5.74, 6) is 0.398.